The molecule has 0 aromatic carbocycles. The molecule has 0 radical (unpaired) electrons. The van der Waals surface area contributed by atoms with Crippen molar-refractivity contribution in [3.05, 3.63) is 0 Å². The minimum absolute atomic E-state index is 0.00998. The van der Waals surface area contributed by atoms with E-state index >= 15 is 0 Å². The molecule has 1 aliphatic carbocycles. The van der Waals surface area contributed by atoms with Gasteiger partial charge >= 0.3 is 0 Å². The van der Waals surface area contributed by atoms with E-state index in [2.05, 4.69) is 4.72 Å². The van der Waals surface area contributed by atoms with E-state index in [4.69, 9.17) is 5.73 Å². The lowest BCUT2D eigenvalue weighted by molar-refractivity contribution is 0.460. The van der Waals surface area contributed by atoms with Crippen molar-refractivity contribution in [3.63, 3.8) is 0 Å². The fourth-order valence-electron chi connectivity index (χ4n) is 1.46. The van der Waals surface area contributed by atoms with Crippen LogP contribution in [0.4, 0.5) is 0 Å². The second kappa shape index (κ2) is 3.20. The highest BCUT2D eigenvalue weighted by atomic mass is 32.2. The van der Waals surface area contributed by atoms with Gasteiger partial charge in [-0.3, -0.25) is 0 Å². The second-order valence-corrected chi connectivity index (χ2v) is 5.51. The normalized spacial score (nSPS) is 31.0. The summed E-state index contributed by atoms with van der Waals surface area (Å²) in [4.78, 5) is 0. The van der Waals surface area contributed by atoms with Gasteiger partial charge in [0.15, 0.2) is 0 Å². The Kier molecular flexibility index (Phi) is 2.31. The van der Waals surface area contributed by atoms with Gasteiger partial charge in [0, 0.05) is 25.2 Å². The lowest BCUT2D eigenvalue weighted by atomic mass is 10.3. The molecule has 0 aromatic rings. The van der Waals surface area contributed by atoms with Crippen molar-refractivity contribution in [2.75, 3.05) is 13.1 Å². The summed E-state index contributed by atoms with van der Waals surface area (Å²) >= 11 is 0. The molecule has 1 unspecified atom stereocenters. The van der Waals surface area contributed by atoms with Crippen LogP contribution < -0.4 is 10.5 Å². The summed E-state index contributed by atoms with van der Waals surface area (Å²) in [6.07, 6.45) is 2.71. The smallest absolute Gasteiger partial charge is 0.279 e. The molecule has 3 N–H and O–H groups in total. The molecule has 1 atom stereocenters. The fraction of sp³-hybridized carbons (Fsp3) is 1.00. The Morgan fingerprint density at radius 3 is 2.46 bits per heavy atom. The van der Waals surface area contributed by atoms with E-state index in [0.717, 1.165) is 19.3 Å². The zero-order valence-electron chi connectivity index (χ0n) is 7.44. The highest BCUT2D eigenvalue weighted by Crippen LogP contribution is 2.21. The molecule has 1 saturated carbocycles. The molecule has 0 amide bonds. The number of nitrogens with two attached hydrogens (primary N) is 1. The van der Waals surface area contributed by atoms with E-state index in [9.17, 15) is 8.42 Å². The first-order valence-corrected chi connectivity index (χ1v) is 6.05. The highest BCUT2D eigenvalue weighted by Gasteiger charge is 2.34. The third-order valence-electron chi connectivity index (χ3n) is 2.42. The van der Waals surface area contributed by atoms with E-state index in [0.29, 0.717) is 13.1 Å². The Morgan fingerprint density at radius 1 is 1.31 bits per heavy atom. The SMILES string of the molecule is NC1CCN(S(=O)(=O)NC2CC2)C1. The first-order chi connectivity index (χ1) is 6.08. The van der Waals surface area contributed by atoms with Crippen LogP contribution in [0.25, 0.3) is 0 Å². The first-order valence-electron chi connectivity index (χ1n) is 4.61. The zero-order chi connectivity index (χ0) is 9.47. The molecular formula is C7H15N3O2S. The van der Waals surface area contributed by atoms with Gasteiger partial charge in [-0.15, -0.1) is 0 Å². The van der Waals surface area contributed by atoms with Crippen molar-refractivity contribution >= 4 is 10.2 Å². The topological polar surface area (TPSA) is 75.4 Å². The first kappa shape index (κ1) is 9.39. The summed E-state index contributed by atoms with van der Waals surface area (Å²) < 4.78 is 27.3. The summed E-state index contributed by atoms with van der Waals surface area (Å²) in [6.45, 7) is 1.02. The summed E-state index contributed by atoms with van der Waals surface area (Å²) in [6, 6.07) is 0.192. The lowest BCUT2D eigenvalue weighted by Crippen LogP contribution is -2.41. The predicted octanol–water partition coefficient (Wildman–Crippen LogP) is -0.984. The molecule has 0 aromatic heterocycles. The molecule has 1 saturated heterocycles. The van der Waals surface area contributed by atoms with Crippen LogP contribution >= 0.6 is 0 Å². The van der Waals surface area contributed by atoms with Crippen LogP contribution in [0.2, 0.25) is 0 Å². The van der Waals surface area contributed by atoms with Gasteiger partial charge in [0.2, 0.25) is 0 Å². The van der Waals surface area contributed by atoms with Gasteiger partial charge in [0.1, 0.15) is 0 Å². The van der Waals surface area contributed by atoms with Crippen molar-refractivity contribution in [2.45, 2.75) is 31.3 Å². The van der Waals surface area contributed by atoms with Crippen molar-refractivity contribution in [2.24, 2.45) is 5.73 Å². The van der Waals surface area contributed by atoms with Crippen molar-refractivity contribution in [3.8, 4) is 0 Å². The molecule has 76 valence electrons. The average Bonchev–Trinajstić information content (AvgIpc) is 2.70. The zero-order valence-corrected chi connectivity index (χ0v) is 8.26. The van der Waals surface area contributed by atoms with Crippen LogP contribution in [0.1, 0.15) is 19.3 Å². The lowest BCUT2D eigenvalue weighted by Gasteiger charge is -2.15. The maximum Gasteiger partial charge on any atom is 0.279 e. The van der Waals surface area contributed by atoms with Gasteiger partial charge in [-0.25, -0.2) is 0 Å². The Labute approximate surface area is 78.5 Å². The van der Waals surface area contributed by atoms with Crippen LogP contribution in [0, 0.1) is 0 Å². The van der Waals surface area contributed by atoms with E-state index < -0.39 is 10.2 Å². The van der Waals surface area contributed by atoms with Gasteiger partial charge in [-0.05, 0) is 19.3 Å². The molecule has 2 rings (SSSR count). The Morgan fingerprint density at radius 2 is 2.00 bits per heavy atom. The molecule has 6 heteroatoms. The molecule has 0 spiro atoms. The Balaban J connectivity index is 1.97. The predicted molar refractivity (Wildman–Crippen MR) is 49.2 cm³/mol. The molecule has 2 fully saturated rings. The largest absolute Gasteiger partial charge is 0.326 e. The standard InChI is InChI=1S/C7H15N3O2S/c8-6-3-4-10(5-6)13(11,12)9-7-1-2-7/h6-7,9H,1-5,8H2. The molecule has 2 aliphatic rings. The minimum atomic E-state index is -3.23. The third kappa shape index (κ3) is 2.19. The molecular weight excluding hydrogens is 190 g/mol. The molecule has 1 aliphatic heterocycles. The Hall–Kier alpha value is -0.170. The monoisotopic (exact) mass is 205 g/mol. The summed E-state index contributed by atoms with van der Waals surface area (Å²) in [5, 5.41) is 0. The molecule has 0 bridgehead atoms. The van der Waals surface area contributed by atoms with Crippen molar-refractivity contribution in [1.29, 1.82) is 0 Å². The number of hydrogen-bond acceptors (Lipinski definition) is 3. The van der Waals surface area contributed by atoms with Crippen LogP contribution in [0.3, 0.4) is 0 Å². The van der Waals surface area contributed by atoms with Gasteiger partial charge in [0.05, 0.1) is 0 Å². The van der Waals surface area contributed by atoms with Crippen molar-refractivity contribution < 1.29 is 8.42 Å². The van der Waals surface area contributed by atoms with Crippen molar-refractivity contribution in [1.82, 2.24) is 9.03 Å². The molecule has 5 nitrogen and oxygen atoms in total. The maximum absolute atomic E-state index is 11.6. The van der Waals surface area contributed by atoms with Crippen LogP contribution in [0.15, 0.2) is 0 Å². The minimum Gasteiger partial charge on any atom is -0.326 e. The maximum atomic E-state index is 11.6. The number of nitrogens with zero attached hydrogens (tertiary/aromatic N) is 1. The van der Waals surface area contributed by atoms with Crippen LogP contribution in [-0.2, 0) is 10.2 Å². The van der Waals surface area contributed by atoms with Gasteiger partial charge < -0.3 is 5.73 Å². The van der Waals surface area contributed by atoms with E-state index in [1.165, 1.54) is 4.31 Å². The van der Waals surface area contributed by atoms with E-state index in [-0.39, 0.29) is 12.1 Å². The van der Waals surface area contributed by atoms with Gasteiger partial charge in [-0.2, -0.15) is 17.4 Å². The Bertz CT molecular complexity index is 286. The van der Waals surface area contributed by atoms with Crippen LogP contribution in [-0.4, -0.2) is 37.9 Å². The number of nitrogens with one attached hydrogen (secondary N) is 1. The average molecular weight is 205 g/mol. The third-order valence-corrected chi connectivity index (χ3v) is 4.06. The van der Waals surface area contributed by atoms with Gasteiger partial charge in [-0.1, -0.05) is 0 Å². The van der Waals surface area contributed by atoms with Crippen LogP contribution in [0.5, 0.6) is 0 Å². The summed E-state index contributed by atoms with van der Waals surface area (Å²) in [7, 11) is -3.23. The van der Waals surface area contributed by atoms with E-state index in [1.807, 2.05) is 0 Å². The fourth-order valence-corrected chi connectivity index (χ4v) is 3.00. The number of rotatable bonds is 3. The van der Waals surface area contributed by atoms with E-state index in [1.54, 1.807) is 0 Å². The molecule has 1 heterocycles. The van der Waals surface area contributed by atoms with Gasteiger partial charge in [0.25, 0.3) is 10.2 Å². The molecule has 13 heavy (non-hydrogen) atoms. The second-order valence-electron chi connectivity index (χ2n) is 3.80. The summed E-state index contributed by atoms with van der Waals surface area (Å²) in [5.41, 5.74) is 5.63. The number of hydrogen-bond donors (Lipinski definition) is 2. The summed E-state index contributed by atoms with van der Waals surface area (Å²) in [5.74, 6) is 0. The quantitative estimate of drug-likeness (QED) is 0.621. The highest BCUT2D eigenvalue weighted by molar-refractivity contribution is 7.87.